The molecule has 0 unspecified atom stereocenters. The summed E-state index contributed by atoms with van der Waals surface area (Å²) in [7, 11) is 0. The predicted octanol–water partition coefficient (Wildman–Crippen LogP) is -0.353. The molecule has 7 heteroatoms. The third kappa shape index (κ3) is 4.61. The molecule has 0 aliphatic rings. The minimum atomic E-state index is -1.82. The summed E-state index contributed by atoms with van der Waals surface area (Å²) in [6.45, 7) is 0. The van der Waals surface area contributed by atoms with Crippen molar-refractivity contribution in [2.24, 2.45) is 5.73 Å². The number of carbonyl (C=O) groups excluding carboxylic acids is 1. The smallest absolute Gasteiger partial charge is 0.414 e. The van der Waals surface area contributed by atoms with Gasteiger partial charge in [0.25, 0.3) is 5.91 Å². The second-order valence-electron chi connectivity index (χ2n) is 2.49. The van der Waals surface area contributed by atoms with Gasteiger partial charge in [-0.3, -0.25) is 4.79 Å². The van der Waals surface area contributed by atoms with E-state index in [1.54, 1.807) is 12.1 Å². The van der Waals surface area contributed by atoms with Gasteiger partial charge in [-0.1, -0.05) is 12.1 Å². The highest BCUT2D eigenvalue weighted by atomic mass is 16.4. The summed E-state index contributed by atoms with van der Waals surface area (Å²) >= 11 is 0. The van der Waals surface area contributed by atoms with E-state index in [9.17, 15) is 4.79 Å². The Bertz CT molecular complexity index is 402. The largest absolute Gasteiger partial charge is 0.507 e. The lowest BCUT2D eigenvalue weighted by Crippen LogP contribution is -2.10. The topological polar surface area (TPSA) is 138 Å². The molecule has 1 rings (SSSR count). The summed E-state index contributed by atoms with van der Waals surface area (Å²) in [5.41, 5.74) is 5.07. The van der Waals surface area contributed by atoms with Crippen LogP contribution in [0.3, 0.4) is 0 Å². The number of carbonyl (C=O) groups is 3. The summed E-state index contributed by atoms with van der Waals surface area (Å²) in [5.74, 6) is -4.34. The highest BCUT2D eigenvalue weighted by Crippen LogP contribution is 2.13. The van der Waals surface area contributed by atoms with Gasteiger partial charge < -0.3 is 21.1 Å². The van der Waals surface area contributed by atoms with E-state index in [0.29, 0.717) is 0 Å². The molecule has 0 radical (unpaired) electrons. The van der Waals surface area contributed by atoms with E-state index in [1.807, 2.05) is 0 Å². The van der Waals surface area contributed by atoms with Crippen molar-refractivity contribution in [3.63, 3.8) is 0 Å². The van der Waals surface area contributed by atoms with E-state index < -0.39 is 17.8 Å². The highest BCUT2D eigenvalue weighted by molar-refractivity contribution is 6.27. The lowest BCUT2D eigenvalue weighted by molar-refractivity contribution is -0.159. The molecular formula is C9H9NO6. The normalized spacial score (nSPS) is 8.50. The fourth-order valence-corrected chi connectivity index (χ4v) is 0.682. The molecule has 0 aliphatic carbocycles. The Morgan fingerprint density at radius 2 is 1.44 bits per heavy atom. The molecule has 0 aromatic heterocycles. The Balaban J connectivity index is 0.000000325. The molecule has 0 bridgehead atoms. The number of aliphatic carboxylic acids is 2. The molecule has 5 N–H and O–H groups in total. The molecule has 1 aromatic rings. The van der Waals surface area contributed by atoms with Crippen LogP contribution in [0.4, 0.5) is 0 Å². The van der Waals surface area contributed by atoms with Crippen molar-refractivity contribution in [3.05, 3.63) is 29.8 Å². The van der Waals surface area contributed by atoms with Gasteiger partial charge in [0.05, 0.1) is 5.56 Å². The number of phenols is 1. The van der Waals surface area contributed by atoms with Crippen LogP contribution < -0.4 is 5.73 Å². The minimum Gasteiger partial charge on any atom is -0.507 e. The first-order valence-corrected chi connectivity index (χ1v) is 3.90. The Hall–Kier alpha value is -2.57. The molecule has 0 fully saturated rings. The molecule has 0 aliphatic heterocycles. The van der Waals surface area contributed by atoms with Crippen molar-refractivity contribution in [1.82, 2.24) is 0 Å². The maximum atomic E-state index is 10.5. The first-order chi connectivity index (χ1) is 7.36. The fourth-order valence-electron chi connectivity index (χ4n) is 0.682. The van der Waals surface area contributed by atoms with Crippen molar-refractivity contribution >= 4 is 17.8 Å². The van der Waals surface area contributed by atoms with Crippen LogP contribution in [0.15, 0.2) is 24.3 Å². The van der Waals surface area contributed by atoms with Gasteiger partial charge in [0.15, 0.2) is 0 Å². The molecular weight excluding hydrogens is 218 g/mol. The van der Waals surface area contributed by atoms with Gasteiger partial charge >= 0.3 is 11.9 Å². The quantitative estimate of drug-likeness (QED) is 0.483. The number of carboxylic acids is 2. The molecule has 0 heterocycles. The van der Waals surface area contributed by atoms with Crippen molar-refractivity contribution < 1.29 is 29.7 Å². The number of para-hydroxylation sites is 1. The molecule has 1 amide bonds. The number of rotatable bonds is 1. The van der Waals surface area contributed by atoms with Crippen molar-refractivity contribution in [3.8, 4) is 5.75 Å². The van der Waals surface area contributed by atoms with Gasteiger partial charge in [-0.2, -0.15) is 0 Å². The van der Waals surface area contributed by atoms with Gasteiger partial charge in [-0.25, -0.2) is 9.59 Å². The first-order valence-electron chi connectivity index (χ1n) is 3.90. The van der Waals surface area contributed by atoms with E-state index in [-0.39, 0.29) is 11.3 Å². The number of carboxylic acid groups (broad SMARTS) is 2. The second-order valence-corrected chi connectivity index (χ2v) is 2.49. The van der Waals surface area contributed by atoms with Gasteiger partial charge in [0.1, 0.15) is 5.75 Å². The third-order valence-electron chi connectivity index (χ3n) is 1.35. The van der Waals surface area contributed by atoms with Crippen LogP contribution in [0.5, 0.6) is 5.75 Å². The van der Waals surface area contributed by atoms with Crippen LogP contribution in [0.1, 0.15) is 10.4 Å². The summed E-state index contributed by atoms with van der Waals surface area (Å²) in [5, 5.41) is 23.8. The zero-order valence-corrected chi connectivity index (χ0v) is 7.95. The Morgan fingerprint density at radius 1 is 1.00 bits per heavy atom. The lowest BCUT2D eigenvalue weighted by atomic mass is 10.2. The Labute approximate surface area is 89.7 Å². The van der Waals surface area contributed by atoms with Gasteiger partial charge in [-0.15, -0.1) is 0 Å². The predicted molar refractivity (Wildman–Crippen MR) is 51.9 cm³/mol. The molecule has 0 spiro atoms. The Kier molecular flexibility index (Phi) is 5.05. The number of amides is 1. The van der Waals surface area contributed by atoms with Crippen LogP contribution in [-0.2, 0) is 9.59 Å². The number of aromatic hydroxyl groups is 1. The zero-order valence-electron chi connectivity index (χ0n) is 7.95. The van der Waals surface area contributed by atoms with Gasteiger partial charge in [0, 0.05) is 0 Å². The highest BCUT2D eigenvalue weighted by Gasteiger charge is 2.04. The lowest BCUT2D eigenvalue weighted by Gasteiger charge is -1.96. The van der Waals surface area contributed by atoms with Crippen LogP contribution in [0, 0.1) is 0 Å². The minimum absolute atomic E-state index is 0.0741. The van der Waals surface area contributed by atoms with Crippen molar-refractivity contribution in [1.29, 1.82) is 0 Å². The third-order valence-corrected chi connectivity index (χ3v) is 1.35. The standard InChI is InChI=1S/C7H7NO2.C2H2O4/c8-7(10)5-3-1-2-4-6(5)9;3-1(4)2(5)6/h1-4,9H,(H2,8,10);(H,3,4)(H,5,6). The van der Waals surface area contributed by atoms with Crippen LogP contribution in [0.2, 0.25) is 0 Å². The summed E-state index contributed by atoms with van der Waals surface area (Å²) in [6.07, 6.45) is 0. The number of nitrogens with two attached hydrogens (primary N) is 1. The number of primary amides is 1. The Morgan fingerprint density at radius 3 is 1.69 bits per heavy atom. The molecule has 0 atom stereocenters. The average molecular weight is 227 g/mol. The molecule has 0 saturated carbocycles. The summed E-state index contributed by atoms with van der Waals surface area (Å²) in [6, 6.07) is 6.15. The summed E-state index contributed by atoms with van der Waals surface area (Å²) < 4.78 is 0. The van der Waals surface area contributed by atoms with E-state index in [0.717, 1.165) is 0 Å². The van der Waals surface area contributed by atoms with Gasteiger partial charge in [-0.05, 0) is 12.1 Å². The number of benzene rings is 1. The SMILES string of the molecule is NC(=O)c1ccccc1O.O=C(O)C(=O)O. The molecule has 86 valence electrons. The second kappa shape index (κ2) is 6.02. The maximum Gasteiger partial charge on any atom is 0.414 e. The van der Waals surface area contributed by atoms with E-state index >= 15 is 0 Å². The van der Waals surface area contributed by atoms with Crippen LogP contribution in [-0.4, -0.2) is 33.2 Å². The fraction of sp³-hybridized carbons (Fsp3) is 0. The van der Waals surface area contributed by atoms with E-state index in [2.05, 4.69) is 0 Å². The molecule has 16 heavy (non-hydrogen) atoms. The van der Waals surface area contributed by atoms with Gasteiger partial charge in [0.2, 0.25) is 0 Å². The van der Waals surface area contributed by atoms with Crippen molar-refractivity contribution in [2.75, 3.05) is 0 Å². The molecule has 7 nitrogen and oxygen atoms in total. The molecule has 1 aromatic carbocycles. The molecule has 0 saturated heterocycles. The zero-order chi connectivity index (χ0) is 12.7. The van der Waals surface area contributed by atoms with E-state index in [1.165, 1.54) is 12.1 Å². The van der Waals surface area contributed by atoms with Crippen molar-refractivity contribution in [2.45, 2.75) is 0 Å². The maximum absolute atomic E-state index is 10.5. The summed E-state index contributed by atoms with van der Waals surface area (Å²) in [4.78, 5) is 28.7. The number of hydrogen-bond acceptors (Lipinski definition) is 4. The van der Waals surface area contributed by atoms with E-state index in [4.69, 9.17) is 30.6 Å². The first kappa shape index (κ1) is 13.4. The monoisotopic (exact) mass is 227 g/mol. The van der Waals surface area contributed by atoms with Crippen LogP contribution in [0.25, 0.3) is 0 Å². The van der Waals surface area contributed by atoms with Crippen LogP contribution >= 0.6 is 0 Å². The average Bonchev–Trinajstić information content (AvgIpc) is 2.18. The number of hydrogen-bond donors (Lipinski definition) is 4.